The summed E-state index contributed by atoms with van der Waals surface area (Å²) >= 11 is 6.59. The van der Waals surface area contributed by atoms with E-state index < -0.39 is 12.1 Å². The van der Waals surface area contributed by atoms with Crippen LogP contribution < -0.4 is 0 Å². The molecule has 30 heavy (non-hydrogen) atoms. The molecule has 5 nitrogen and oxygen atoms in total. The van der Waals surface area contributed by atoms with Gasteiger partial charge in [-0.2, -0.15) is 0 Å². The number of fused-ring (bicyclic) bond motifs is 4. The number of halogens is 1. The molecule has 3 aromatic rings. The van der Waals surface area contributed by atoms with Crippen LogP contribution in [0, 0.1) is 0 Å². The molecule has 0 bridgehead atoms. The van der Waals surface area contributed by atoms with Crippen molar-refractivity contribution >= 4 is 34.3 Å². The van der Waals surface area contributed by atoms with Crippen molar-refractivity contribution < 1.29 is 9.59 Å². The number of aromatic nitrogens is 1. The zero-order valence-corrected chi connectivity index (χ0v) is 17.7. The van der Waals surface area contributed by atoms with E-state index in [1.165, 1.54) is 0 Å². The number of rotatable bonds is 4. The third kappa shape index (κ3) is 2.91. The highest BCUT2D eigenvalue weighted by atomic mass is 35.5. The molecule has 2 amide bonds. The van der Waals surface area contributed by atoms with Crippen LogP contribution in [0.25, 0.3) is 10.9 Å². The highest BCUT2D eigenvalue weighted by Crippen LogP contribution is 2.44. The fourth-order valence-corrected chi connectivity index (χ4v) is 5.12. The van der Waals surface area contributed by atoms with Crippen LogP contribution >= 0.6 is 11.6 Å². The van der Waals surface area contributed by atoms with Crippen molar-refractivity contribution in [3.05, 3.63) is 70.4 Å². The first kappa shape index (κ1) is 19.2. The van der Waals surface area contributed by atoms with Crippen LogP contribution in [0.4, 0.5) is 0 Å². The van der Waals surface area contributed by atoms with E-state index in [9.17, 15) is 9.59 Å². The molecule has 3 heterocycles. The number of unbranched alkanes of at least 4 members (excludes halogenated alkanes) is 1. The van der Waals surface area contributed by atoms with Crippen LogP contribution in [0.1, 0.15) is 42.6 Å². The predicted molar refractivity (Wildman–Crippen MR) is 117 cm³/mol. The molecule has 1 aromatic heterocycles. The summed E-state index contributed by atoms with van der Waals surface area (Å²) in [7, 11) is 0. The number of piperazine rings is 1. The smallest absolute Gasteiger partial charge is 0.246 e. The van der Waals surface area contributed by atoms with E-state index in [1.54, 1.807) is 9.80 Å². The standard InChI is InChI=1S/C24H24ClN3O2/c1-2-3-12-27-14-21(29)28-20(24(27)30)13-17-15-8-5-7-11-19(15)26-22(17)23(28)16-9-4-6-10-18(16)25/h4-11,20,23,26H,2-3,12-14H2,1H3/t20-,23+/m1/s1. The molecule has 2 aliphatic heterocycles. The van der Waals surface area contributed by atoms with Gasteiger partial charge in [-0.05, 0) is 29.7 Å². The first-order chi connectivity index (χ1) is 14.6. The van der Waals surface area contributed by atoms with Gasteiger partial charge >= 0.3 is 0 Å². The minimum atomic E-state index is -0.504. The SMILES string of the molecule is CCCCN1CC(=O)N2[C@@H](c3ccccc3Cl)c3[nH]c4ccccc4c3C[C@@H]2C1=O. The number of benzene rings is 2. The molecule has 0 spiro atoms. The van der Waals surface area contributed by atoms with Gasteiger partial charge in [0.15, 0.2) is 0 Å². The highest BCUT2D eigenvalue weighted by molar-refractivity contribution is 6.31. The maximum absolute atomic E-state index is 13.4. The number of carbonyl (C=O) groups is 2. The fraction of sp³-hybridized carbons (Fsp3) is 0.333. The van der Waals surface area contributed by atoms with Gasteiger partial charge in [0, 0.05) is 34.6 Å². The predicted octanol–water partition coefficient (Wildman–Crippen LogP) is 4.31. The number of nitrogens with zero attached hydrogens (tertiary/aromatic N) is 2. The van der Waals surface area contributed by atoms with Gasteiger partial charge in [-0.1, -0.05) is 61.3 Å². The number of hydrogen-bond acceptors (Lipinski definition) is 2. The molecule has 0 aliphatic carbocycles. The molecule has 1 fully saturated rings. The van der Waals surface area contributed by atoms with Crippen molar-refractivity contribution in [3.8, 4) is 0 Å². The lowest BCUT2D eigenvalue weighted by atomic mass is 9.86. The number of amides is 2. The van der Waals surface area contributed by atoms with E-state index >= 15 is 0 Å². The number of nitrogens with one attached hydrogen (secondary N) is 1. The summed E-state index contributed by atoms with van der Waals surface area (Å²) in [6, 6.07) is 14.8. The molecule has 1 N–H and O–H groups in total. The number of para-hydroxylation sites is 1. The Morgan fingerprint density at radius 1 is 1.10 bits per heavy atom. The normalized spacial score (nSPS) is 21.1. The van der Waals surface area contributed by atoms with E-state index in [0.717, 1.165) is 40.6 Å². The van der Waals surface area contributed by atoms with Crippen molar-refractivity contribution in [1.82, 2.24) is 14.8 Å². The average Bonchev–Trinajstić information content (AvgIpc) is 3.13. The number of carbonyl (C=O) groups excluding carboxylic acids is 2. The van der Waals surface area contributed by atoms with Gasteiger partial charge in [0.2, 0.25) is 11.8 Å². The molecule has 2 aromatic carbocycles. The first-order valence-electron chi connectivity index (χ1n) is 10.5. The number of aromatic amines is 1. The van der Waals surface area contributed by atoms with Gasteiger partial charge in [-0.3, -0.25) is 9.59 Å². The lowest BCUT2D eigenvalue weighted by Crippen LogP contribution is -2.63. The van der Waals surface area contributed by atoms with E-state index in [-0.39, 0.29) is 18.4 Å². The quantitative estimate of drug-likeness (QED) is 0.682. The van der Waals surface area contributed by atoms with Gasteiger partial charge in [0.05, 0.1) is 12.6 Å². The molecule has 0 unspecified atom stereocenters. The Morgan fingerprint density at radius 3 is 2.67 bits per heavy atom. The van der Waals surface area contributed by atoms with Crippen molar-refractivity contribution in [2.24, 2.45) is 0 Å². The summed E-state index contributed by atoms with van der Waals surface area (Å²) in [4.78, 5) is 33.8. The van der Waals surface area contributed by atoms with Gasteiger partial charge in [0.1, 0.15) is 6.04 Å². The van der Waals surface area contributed by atoms with Crippen molar-refractivity contribution in [1.29, 1.82) is 0 Å². The minimum Gasteiger partial charge on any atom is -0.356 e. The lowest BCUT2D eigenvalue weighted by Gasteiger charge is -2.47. The number of hydrogen-bond donors (Lipinski definition) is 1. The maximum atomic E-state index is 13.4. The summed E-state index contributed by atoms with van der Waals surface area (Å²) in [6.07, 6.45) is 2.41. The molecule has 5 rings (SSSR count). The van der Waals surface area contributed by atoms with Gasteiger partial charge in [-0.25, -0.2) is 0 Å². The Kier molecular flexibility index (Phi) is 4.78. The minimum absolute atomic E-state index is 0.0232. The summed E-state index contributed by atoms with van der Waals surface area (Å²) in [5, 5.41) is 1.71. The molecule has 0 radical (unpaired) electrons. The maximum Gasteiger partial charge on any atom is 0.246 e. The van der Waals surface area contributed by atoms with Crippen LogP contribution in [-0.2, 0) is 16.0 Å². The van der Waals surface area contributed by atoms with Crippen molar-refractivity contribution in [2.75, 3.05) is 13.1 Å². The second kappa shape index (κ2) is 7.47. The Bertz CT molecular complexity index is 1140. The monoisotopic (exact) mass is 421 g/mol. The molecule has 0 saturated carbocycles. The zero-order valence-electron chi connectivity index (χ0n) is 16.9. The van der Waals surface area contributed by atoms with E-state index in [2.05, 4.69) is 18.0 Å². The van der Waals surface area contributed by atoms with Crippen LogP contribution in [0.2, 0.25) is 5.02 Å². The third-order valence-corrected chi connectivity index (χ3v) is 6.67. The van der Waals surface area contributed by atoms with Crippen LogP contribution in [0.15, 0.2) is 48.5 Å². The van der Waals surface area contributed by atoms with E-state index in [0.29, 0.717) is 18.0 Å². The topological polar surface area (TPSA) is 56.4 Å². The van der Waals surface area contributed by atoms with Gasteiger partial charge < -0.3 is 14.8 Å². The van der Waals surface area contributed by atoms with E-state index in [1.807, 2.05) is 42.5 Å². The summed E-state index contributed by atoms with van der Waals surface area (Å²) < 4.78 is 0. The third-order valence-electron chi connectivity index (χ3n) is 6.32. The zero-order chi connectivity index (χ0) is 20.8. The molecule has 154 valence electrons. The second-order valence-corrected chi connectivity index (χ2v) is 8.53. The Morgan fingerprint density at radius 2 is 1.87 bits per heavy atom. The molecule has 2 atom stereocenters. The van der Waals surface area contributed by atoms with Crippen molar-refractivity contribution in [3.63, 3.8) is 0 Å². The van der Waals surface area contributed by atoms with Crippen molar-refractivity contribution in [2.45, 2.75) is 38.3 Å². The highest BCUT2D eigenvalue weighted by Gasteiger charge is 2.48. The molecular weight excluding hydrogens is 398 g/mol. The largest absolute Gasteiger partial charge is 0.356 e. The number of H-pyrrole nitrogens is 1. The molecule has 1 saturated heterocycles. The molecular formula is C24H24ClN3O2. The Labute approximate surface area is 180 Å². The fourth-order valence-electron chi connectivity index (χ4n) is 4.88. The Hall–Kier alpha value is -2.79. The molecule has 6 heteroatoms. The first-order valence-corrected chi connectivity index (χ1v) is 10.9. The Balaban J connectivity index is 1.68. The van der Waals surface area contributed by atoms with Gasteiger partial charge in [-0.15, -0.1) is 0 Å². The van der Waals surface area contributed by atoms with Crippen LogP contribution in [-0.4, -0.2) is 45.7 Å². The van der Waals surface area contributed by atoms with E-state index in [4.69, 9.17) is 11.6 Å². The summed E-state index contributed by atoms with van der Waals surface area (Å²) in [5.41, 5.74) is 3.93. The van der Waals surface area contributed by atoms with Crippen LogP contribution in [0.3, 0.4) is 0 Å². The molecule has 2 aliphatic rings. The second-order valence-electron chi connectivity index (χ2n) is 8.12. The van der Waals surface area contributed by atoms with Crippen LogP contribution in [0.5, 0.6) is 0 Å². The lowest BCUT2D eigenvalue weighted by molar-refractivity contribution is -0.158. The van der Waals surface area contributed by atoms with Gasteiger partial charge in [0.25, 0.3) is 0 Å². The summed E-state index contributed by atoms with van der Waals surface area (Å²) in [5.74, 6) is 0.0148. The summed E-state index contributed by atoms with van der Waals surface area (Å²) in [6.45, 7) is 2.85. The average molecular weight is 422 g/mol.